The van der Waals surface area contributed by atoms with Crippen molar-refractivity contribution in [2.45, 2.75) is 104 Å². The summed E-state index contributed by atoms with van der Waals surface area (Å²) >= 11 is 6.24. The van der Waals surface area contributed by atoms with Crippen LogP contribution in [0.25, 0.3) is 0 Å². The second-order valence-electron chi connectivity index (χ2n) is 12.2. The molecule has 1 aliphatic carbocycles. The highest BCUT2D eigenvalue weighted by molar-refractivity contribution is 6.33. The van der Waals surface area contributed by atoms with Gasteiger partial charge in [0.15, 0.2) is 12.6 Å². The SMILES string of the molecule is CC(=O)N[C@@H]1[C@H](O[C@H](C[C@@]2(C)[C@H](C)CCC(=O)[C@@H]2C)/C(C)=C/Cc2c(O)c(Cl)c(C)c(C=O)c2O)O[C@H](CO)[C@@H](O)[C@H]1O. The summed E-state index contributed by atoms with van der Waals surface area (Å²) in [5.74, 6) is -1.29. The third-order valence-corrected chi connectivity index (χ3v) is 10.1. The predicted molar refractivity (Wildman–Crippen MR) is 158 cm³/mol. The van der Waals surface area contributed by atoms with Crippen LogP contribution < -0.4 is 5.32 Å². The highest BCUT2D eigenvalue weighted by atomic mass is 35.5. The van der Waals surface area contributed by atoms with Gasteiger partial charge in [0.1, 0.15) is 41.6 Å². The van der Waals surface area contributed by atoms with Crippen LogP contribution >= 0.6 is 11.6 Å². The third-order valence-electron chi connectivity index (χ3n) is 9.62. The van der Waals surface area contributed by atoms with Gasteiger partial charge in [-0.3, -0.25) is 14.4 Å². The number of phenolic OH excluding ortho intramolecular Hbond substituents is 2. The van der Waals surface area contributed by atoms with Crippen LogP contribution in [0.5, 0.6) is 11.5 Å². The summed E-state index contributed by atoms with van der Waals surface area (Å²) in [7, 11) is 0. The van der Waals surface area contributed by atoms with Gasteiger partial charge in [0.05, 0.1) is 23.3 Å². The Balaban J connectivity index is 2.06. The normalized spacial score (nSPS) is 32.4. The zero-order valence-electron chi connectivity index (χ0n) is 25.5. The van der Waals surface area contributed by atoms with Gasteiger partial charge in [-0.05, 0) is 55.6 Å². The number of allylic oxidation sites excluding steroid dienone is 1. The van der Waals surface area contributed by atoms with Crippen molar-refractivity contribution < 1.29 is 49.4 Å². The average molecular weight is 626 g/mol. The zero-order valence-corrected chi connectivity index (χ0v) is 26.2. The number of carbonyl (C=O) groups excluding carboxylic acids is 3. The van der Waals surface area contributed by atoms with E-state index in [0.29, 0.717) is 31.1 Å². The minimum absolute atomic E-state index is 0.0355. The highest BCUT2D eigenvalue weighted by Crippen LogP contribution is 2.48. The molecule has 2 aliphatic rings. The molecule has 43 heavy (non-hydrogen) atoms. The molecule has 0 radical (unpaired) electrons. The Morgan fingerprint density at radius 1 is 1.21 bits per heavy atom. The largest absolute Gasteiger partial charge is 0.507 e. The van der Waals surface area contributed by atoms with Crippen LogP contribution in [0.15, 0.2) is 11.6 Å². The maximum Gasteiger partial charge on any atom is 0.217 e. The molecule has 11 nitrogen and oxygen atoms in total. The number of amides is 1. The summed E-state index contributed by atoms with van der Waals surface area (Å²) in [6, 6.07) is -1.18. The molecule has 1 aromatic carbocycles. The number of rotatable bonds is 10. The second-order valence-corrected chi connectivity index (χ2v) is 12.6. The number of nitrogens with one attached hydrogen (secondary N) is 1. The monoisotopic (exact) mass is 625 g/mol. The Kier molecular flexibility index (Phi) is 11.4. The van der Waals surface area contributed by atoms with Gasteiger partial charge in [-0.15, -0.1) is 0 Å². The number of aldehydes is 1. The Bertz CT molecular complexity index is 1250. The van der Waals surface area contributed by atoms with Crippen LogP contribution in [-0.2, 0) is 25.5 Å². The van der Waals surface area contributed by atoms with E-state index >= 15 is 0 Å². The van der Waals surface area contributed by atoms with Crippen molar-refractivity contribution in [1.82, 2.24) is 5.32 Å². The van der Waals surface area contributed by atoms with Crippen LogP contribution in [0.3, 0.4) is 0 Å². The third kappa shape index (κ3) is 7.08. The van der Waals surface area contributed by atoms with Gasteiger partial charge in [0, 0.05) is 24.8 Å². The van der Waals surface area contributed by atoms with Crippen molar-refractivity contribution in [2.75, 3.05) is 6.61 Å². The van der Waals surface area contributed by atoms with Crippen molar-refractivity contribution in [3.8, 4) is 11.5 Å². The fraction of sp³-hybridized carbons (Fsp3) is 0.645. The van der Waals surface area contributed by atoms with Gasteiger partial charge in [0.25, 0.3) is 0 Å². The number of aliphatic hydroxyl groups is 3. The van der Waals surface area contributed by atoms with Gasteiger partial charge in [-0.2, -0.15) is 0 Å². The Morgan fingerprint density at radius 3 is 2.44 bits per heavy atom. The minimum Gasteiger partial charge on any atom is -0.507 e. The molecule has 1 aliphatic heterocycles. The number of ether oxygens (including phenoxy) is 2. The van der Waals surface area contributed by atoms with Crippen LogP contribution in [0, 0.1) is 24.2 Å². The van der Waals surface area contributed by atoms with Crippen LogP contribution in [-0.4, -0.2) is 86.9 Å². The zero-order chi connectivity index (χ0) is 32.4. The first-order valence-corrected chi connectivity index (χ1v) is 14.9. The summed E-state index contributed by atoms with van der Waals surface area (Å²) in [4.78, 5) is 36.4. The maximum atomic E-state index is 12.8. The first kappa shape index (κ1) is 34.9. The van der Waals surface area contributed by atoms with Crippen LogP contribution in [0.1, 0.15) is 75.4 Å². The summed E-state index contributed by atoms with van der Waals surface area (Å²) < 4.78 is 12.3. The first-order chi connectivity index (χ1) is 20.1. The number of hydrogen-bond acceptors (Lipinski definition) is 10. The Labute approximate surface area is 256 Å². The lowest BCUT2D eigenvalue weighted by atomic mass is 9.59. The van der Waals surface area contributed by atoms with Crippen molar-refractivity contribution in [3.63, 3.8) is 0 Å². The lowest BCUT2D eigenvalue weighted by Crippen LogP contribution is -2.65. The molecule has 1 heterocycles. The van der Waals surface area contributed by atoms with Crippen LogP contribution in [0.2, 0.25) is 5.02 Å². The van der Waals surface area contributed by atoms with E-state index in [1.54, 1.807) is 13.0 Å². The van der Waals surface area contributed by atoms with Gasteiger partial charge < -0.3 is 40.3 Å². The number of aliphatic hydroxyl groups excluding tert-OH is 3. The van der Waals surface area contributed by atoms with E-state index in [1.165, 1.54) is 13.8 Å². The minimum atomic E-state index is -1.51. The summed E-state index contributed by atoms with van der Waals surface area (Å²) in [5, 5.41) is 55.0. The molecular formula is C31H44ClNO10. The second kappa shape index (κ2) is 14.0. The number of halogens is 1. The molecule has 9 atom stereocenters. The number of ketones is 1. The van der Waals surface area contributed by atoms with Crippen molar-refractivity contribution in [3.05, 3.63) is 33.4 Å². The van der Waals surface area contributed by atoms with E-state index in [1.807, 2.05) is 13.8 Å². The molecular weight excluding hydrogens is 582 g/mol. The van der Waals surface area contributed by atoms with E-state index < -0.39 is 60.4 Å². The summed E-state index contributed by atoms with van der Waals surface area (Å²) in [6.07, 6.45) is -2.66. The molecule has 3 rings (SSSR count). The quantitative estimate of drug-likeness (QED) is 0.167. The summed E-state index contributed by atoms with van der Waals surface area (Å²) in [5.41, 5.74) is 0.328. The van der Waals surface area contributed by atoms with E-state index in [2.05, 4.69) is 12.2 Å². The lowest BCUT2D eigenvalue weighted by Gasteiger charge is -2.48. The van der Waals surface area contributed by atoms with Gasteiger partial charge >= 0.3 is 0 Å². The molecule has 1 saturated heterocycles. The van der Waals surface area contributed by atoms with Crippen molar-refractivity contribution in [2.24, 2.45) is 17.3 Å². The molecule has 6 N–H and O–H groups in total. The van der Waals surface area contributed by atoms with E-state index in [9.17, 15) is 39.9 Å². The molecule has 0 aromatic heterocycles. The van der Waals surface area contributed by atoms with E-state index in [4.69, 9.17) is 21.1 Å². The molecule has 2 fully saturated rings. The lowest BCUT2D eigenvalue weighted by molar-refractivity contribution is -0.281. The number of Topliss-reactive ketones (excluding diaryl/α,β-unsaturated/α-hetero) is 1. The van der Waals surface area contributed by atoms with Crippen molar-refractivity contribution in [1.29, 1.82) is 0 Å². The smallest absolute Gasteiger partial charge is 0.217 e. The number of aromatic hydroxyl groups is 2. The molecule has 1 amide bonds. The Hall–Kier alpha value is -2.54. The number of phenols is 2. The topological polar surface area (TPSA) is 183 Å². The fourth-order valence-corrected chi connectivity index (χ4v) is 6.37. The summed E-state index contributed by atoms with van der Waals surface area (Å²) in [6.45, 7) is 9.87. The standard InChI is InChI=1S/C31H44ClNO10/c1-14(7-9-19-26(38)20(12-34)16(3)24(32)27(19)39)22(11-31(6)15(2)8-10-21(37)17(31)4)42-30-25(33-18(5)36)29(41)28(40)23(13-35)43-30/h7,12,15,17,22-23,25,28-30,35,38-41H,8-11,13H2,1-6H3,(H,33,36)/b14-7+/t15-,17+,22-,23-,25+,28-,29+,30-,31+/m1/s1. The molecule has 1 saturated carbocycles. The number of carbonyl (C=O) groups is 3. The molecule has 240 valence electrons. The number of benzene rings is 1. The van der Waals surface area contributed by atoms with Gasteiger partial charge in [0.2, 0.25) is 5.91 Å². The number of hydrogen-bond donors (Lipinski definition) is 6. The van der Waals surface area contributed by atoms with Crippen LogP contribution in [0.4, 0.5) is 0 Å². The van der Waals surface area contributed by atoms with E-state index in [0.717, 1.165) is 0 Å². The molecule has 12 heteroatoms. The maximum absolute atomic E-state index is 12.8. The highest BCUT2D eigenvalue weighted by Gasteiger charge is 2.49. The molecule has 0 bridgehead atoms. The van der Waals surface area contributed by atoms with E-state index in [-0.39, 0.29) is 51.5 Å². The molecule has 1 aromatic rings. The van der Waals surface area contributed by atoms with Gasteiger partial charge in [-0.25, -0.2) is 0 Å². The predicted octanol–water partition coefficient (Wildman–Crippen LogP) is 2.72. The first-order valence-electron chi connectivity index (χ1n) is 14.5. The van der Waals surface area contributed by atoms with Crippen molar-refractivity contribution >= 4 is 29.6 Å². The molecule has 0 spiro atoms. The average Bonchev–Trinajstić information content (AvgIpc) is 2.96. The Morgan fingerprint density at radius 2 is 1.86 bits per heavy atom. The fourth-order valence-electron chi connectivity index (χ4n) is 6.15. The molecule has 0 unspecified atom stereocenters. The van der Waals surface area contributed by atoms with Gasteiger partial charge in [-0.1, -0.05) is 38.4 Å².